The predicted octanol–water partition coefficient (Wildman–Crippen LogP) is 3.68. The summed E-state index contributed by atoms with van der Waals surface area (Å²) in [5.74, 6) is -12.9. The third kappa shape index (κ3) is 2.74. The van der Waals surface area contributed by atoms with Gasteiger partial charge in [0.2, 0.25) is 29.1 Å². The van der Waals surface area contributed by atoms with Gasteiger partial charge in [-0.25, -0.2) is 17.6 Å². The molecule has 2 N–H and O–H groups in total. The van der Waals surface area contributed by atoms with Crippen molar-refractivity contribution in [3.05, 3.63) is 58.7 Å². The highest BCUT2D eigenvalue weighted by Gasteiger charge is 2.27. The molecule has 112 valence electrons. The van der Waals surface area contributed by atoms with Gasteiger partial charge in [0.1, 0.15) is 12.4 Å². The number of hydrogen-bond donors (Lipinski definition) is 1. The number of benzene rings is 2. The number of ether oxygens (including phenoxy) is 1. The number of nitrogen functional groups attached to an aromatic ring is 1. The molecule has 0 unspecified atom stereocenters. The van der Waals surface area contributed by atoms with Crippen LogP contribution in [0.15, 0.2) is 18.2 Å². The quantitative estimate of drug-likeness (QED) is 0.406. The average molecular weight is 307 g/mol. The van der Waals surface area contributed by atoms with E-state index >= 15 is 0 Å². The Morgan fingerprint density at radius 1 is 0.810 bits per heavy atom. The Morgan fingerprint density at radius 3 is 1.90 bits per heavy atom. The third-order valence-electron chi connectivity index (χ3n) is 2.65. The number of nitrogens with two attached hydrogens (primary N) is 1. The smallest absolute Gasteiger partial charge is 0.207 e. The maximum absolute atomic E-state index is 13.3. The first-order valence-electron chi connectivity index (χ1n) is 5.51. The zero-order valence-electron chi connectivity index (χ0n) is 10.2. The lowest BCUT2D eigenvalue weighted by molar-refractivity contribution is 0.253. The summed E-state index contributed by atoms with van der Waals surface area (Å²) in [5, 5.41) is 0. The lowest BCUT2D eigenvalue weighted by Crippen LogP contribution is -2.08. The fourth-order valence-electron chi connectivity index (χ4n) is 1.56. The normalized spacial score (nSPS) is 10.8. The first-order chi connectivity index (χ1) is 9.82. The van der Waals surface area contributed by atoms with E-state index in [1.165, 1.54) is 6.07 Å². The molecule has 8 heteroatoms. The van der Waals surface area contributed by atoms with Crippen molar-refractivity contribution in [3.63, 3.8) is 0 Å². The fourth-order valence-corrected chi connectivity index (χ4v) is 1.56. The maximum atomic E-state index is 13.3. The van der Waals surface area contributed by atoms with Crippen molar-refractivity contribution in [3.8, 4) is 5.75 Å². The number of hydrogen-bond acceptors (Lipinski definition) is 2. The molecule has 0 fully saturated rings. The molecular formula is C13H7F6NO. The molecule has 0 amide bonds. The van der Waals surface area contributed by atoms with Crippen molar-refractivity contribution in [1.82, 2.24) is 0 Å². The molecule has 0 bridgehead atoms. The van der Waals surface area contributed by atoms with Crippen LogP contribution in [0.2, 0.25) is 0 Å². The van der Waals surface area contributed by atoms with Gasteiger partial charge in [-0.2, -0.15) is 8.78 Å². The Balaban J connectivity index is 2.35. The molecule has 0 atom stereocenters. The summed E-state index contributed by atoms with van der Waals surface area (Å²) in [6, 6.07) is 3.13. The minimum atomic E-state index is -2.29. The Labute approximate surface area is 114 Å². The van der Waals surface area contributed by atoms with E-state index in [4.69, 9.17) is 5.73 Å². The van der Waals surface area contributed by atoms with Crippen LogP contribution < -0.4 is 10.5 Å². The second-order valence-electron chi connectivity index (χ2n) is 4.03. The van der Waals surface area contributed by atoms with E-state index in [0.29, 0.717) is 0 Å². The van der Waals surface area contributed by atoms with Crippen LogP contribution in [-0.4, -0.2) is 0 Å². The molecule has 0 heterocycles. The van der Waals surface area contributed by atoms with E-state index in [-0.39, 0.29) is 11.3 Å². The summed E-state index contributed by atoms with van der Waals surface area (Å²) < 4.78 is 82.9. The van der Waals surface area contributed by atoms with E-state index in [1.807, 2.05) is 0 Å². The SMILES string of the molecule is Nc1ccc(F)cc1COc1c(F)c(F)c(F)c(F)c1F. The van der Waals surface area contributed by atoms with E-state index < -0.39 is 47.3 Å². The van der Waals surface area contributed by atoms with Crippen LogP contribution in [0.25, 0.3) is 0 Å². The number of anilines is 1. The Kier molecular flexibility index (Phi) is 3.97. The van der Waals surface area contributed by atoms with Crippen molar-refractivity contribution in [1.29, 1.82) is 0 Å². The summed E-state index contributed by atoms with van der Waals surface area (Å²) in [7, 11) is 0. The molecule has 0 aliphatic heterocycles. The van der Waals surface area contributed by atoms with Crippen LogP contribution in [-0.2, 0) is 6.61 Å². The minimum Gasteiger partial charge on any atom is -0.483 e. The van der Waals surface area contributed by atoms with Crippen molar-refractivity contribution in [2.24, 2.45) is 0 Å². The number of rotatable bonds is 3. The van der Waals surface area contributed by atoms with E-state index in [0.717, 1.165) is 12.1 Å². The summed E-state index contributed by atoms with van der Waals surface area (Å²) in [4.78, 5) is 0. The summed E-state index contributed by atoms with van der Waals surface area (Å²) in [6.45, 7) is -0.665. The lowest BCUT2D eigenvalue weighted by Gasteiger charge is -2.11. The zero-order valence-corrected chi connectivity index (χ0v) is 10.2. The molecule has 2 aromatic carbocycles. The van der Waals surface area contributed by atoms with Gasteiger partial charge >= 0.3 is 0 Å². The predicted molar refractivity (Wildman–Crippen MR) is 61.4 cm³/mol. The number of halogens is 6. The molecule has 2 rings (SSSR count). The molecule has 0 aliphatic rings. The topological polar surface area (TPSA) is 35.2 Å². The summed E-state index contributed by atoms with van der Waals surface area (Å²) in [5.41, 5.74) is 5.51. The van der Waals surface area contributed by atoms with Crippen LogP contribution in [0.1, 0.15) is 5.56 Å². The summed E-state index contributed by atoms with van der Waals surface area (Å²) >= 11 is 0. The zero-order chi connectivity index (χ0) is 15.7. The van der Waals surface area contributed by atoms with E-state index in [1.54, 1.807) is 0 Å². The molecule has 0 saturated heterocycles. The molecular weight excluding hydrogens is 300 g/mol. The van der Waals surface area contributed by atoms with E-state index in [9.17, 15) is 26.3 Å². The first-order valence-corrected chi connectivity index (χ1v) is 5.51. The lowest BCUT2D eigenvalue weighted by atomic mass is 10.2. The van der Waals surface area contributed by atoms with Gasteiger partial charge in [0.25, 0.3) is 0 Å². The van der Waals surface area contributed by atoms with Crippen molar-refractivity contribution < 1.29 is 31.1 Å². The molecule has 2 aromatic rings. The highest BCUT2D eigenvalue weighted by molar-refractivity contribution is 5.46. The second kappa shape index (κ2) is 5.55. The van der Waals surface area contributed by atoms with Gasteiger partial charge < -0.3 is 10.5 Å². The van der Waals surface area contributed by atoms with Crippen molar-refractivity contribution >= 4 is 5.69 Å². The monoisotopic (exact) mass is 307 g/mol. The highest BCUT2D eigenvalue weighted by Crippen LogP contribution is 2.30. The molecule has 2 nitrogen and oxygen atoms in total. The first kappa shape index (κ1) is 15.0. The largest absolute Gasteiger partial charge is 0.483 e. The molecule has 0 aliphatic carbocycles. The summed E-state index contributed by atoms with van der Waals surface area (Å²) in [6.07, 6.45) is 0. The standard InChI is InChI=1S/C13H7F6NO/c14-6-1-2-7(20)5(3-6)4-21-13-11(18)9(16)8(15)10(17)12(13)19/h1-3H,4,20H2. The maximum Gasteiger partial charge on any atom is 0.207 e. The Bertz CT molecular complexity index is 675. The third-order valence-corrected chi connectivity index (χ3v) is 2.65. The molecule has 21 heavy (non-hydrogen) atoms. The van der Waals surface area contributed by atoms with Gasteiger partial charge in [0, 0.05) is 11.3 Å². The van der Waals surface area contributed by atoms with Gasteiger partial charge in [-0.05, 0) is 18.2 Å². The van der Waals surface area contributed by atoms with Gasteiger partial charge in [-0.3, -0.25) is 0 Å². The van der Waals surface area contributed by atoms with Crippen LogP contribution in [0.3, 0.4) is 0 Å². The fraction of sp³-hybridized carbons (Fsp3) is 0.0769. The minimum absolute atomic E-state index is 0.000980. The van der Waals surface area contributed by atoms with Crippen LogP contribution in [0.5, 0.6) is 5.75 Å². The van der Waals surface area contributed by atoms with Crippen molar-refractivity contribution in [2.75, 3.05) is 5.73 Å². The van der Waals surface area contributed by atoms with E-state index in [2.05, 4.69) is 4.74 Å². The van der Waals surface area contributed by atoms with Crippen molar-refractivity contribution in [2.45, 2.75) is 6.61 Å². The second-order valence-corrected chi connectivity index (χ2v) is 4.03. The van der Waals surface area contributed by atoms with Gasteiger partial charge in [-0.1, -0.05) is 0 Å². The molecule has 0 saturated carbocycles. The molecule has 0 radical (unpaired) electrons. The van der Waals surface area contributed by atoms with Gasteiger partial charge in [0.15, 0.2) is 5.75 Å². The average Bonchev–Trinajstić information content (AvgIpc) is 2.46. The Hall–Kier alpha value is -2.38. The van der Waals surface area contributed by atoms with Crippen LogP contribution in [0.4, 0.5) is 32.0 Å². The molecule has 0 aromatic heterocycles. The Morgan fingerprint density at radius 2 is 1.33 bits per heavy atom. The highest BCUT2D eigenvalue weighted by atomic mass is 19.2. The van der Waals surface area contributed by atoms with Gasteiger partial charge in [-0.15, -0.1) is 0 Å². The van der Waals surface area contributed by atoms with Crippen LogP contribution in [0, 0.1) is 34.9 Å². The molecule has 0 spiro atoms. The van der Waals surface area contributed by atoms with Gasteiger partial charge in [0.05, 0.1) is 0 Å². The van der Waals surface area contributed by atoms with Crippen LogP contribution >= 0.6 is 0 Å².